The Balaban J connectivity index is 0.00000161. The highest BCUT2D eigenvalue weighted by atomic mass is 127. The van der Waals surface area contributed by atoms with Gasteiger partial charge < -0.3 is 4.48 Å². The molecule has 3 rings (SSSR count). The van der Waals surface area contributed by atoms with E-state index in [1.165, 1.54) is 29.7 Å². The lowest BCUT2D eigenvalue weighted by molar-refractivity contribution is -0.888. The number of rotatable bonds is 2. The van der Waals surface area contributed by atoms with E-state index in [1.807, 2.05) is 0 Å². The second-order valence-corrected chi connectivity index (χ2v) is 11.0. The van der Waals surface area contributed by atoms with Crippen molar-refractivity contribution in [3.63, 3.8) is 0 Å². The molecule has 0 saturated carbocycles. The van der Waals surface area contributed by atoms with Gasteiger partial charge in [0.25, 0.3) is 0 Å². The summed E-state index contributed by atoms with van der Waals surface area (Å²) in [5.41, 5.74) is 0. The third-order valence-electron chi connectivity index (χ3n) is 4.94. The topological polar surface area (TPSA) is 0 Å². The highest BCUT2D eigenvalue weighted by molar-refractivity contribution is 14.0. The highest BCUT2D eigenvalue weighted by Gasteiger charge is 2.43. The molecular formula is C18H25INSi+. The minimum atomic E-state index is -1.54. The molecule has 0 N–H and O–H groups in total. The van der Waals surface area contributed by atoms with E-state index >= 15 is 0 Å². The summed E-state index contributed by atoms with van der Waals surface area (Å²) in [6, 6.07) is 25.3. The zero-order valence-corrected chi connectivity index (χ0v) is 16.3. The Hall–Kier alpha value is -0.653. The molecule has 0 unspecified atom stereocenters. The smallest absolute Gasteiger partial charge is 0.129 e. The van der Waals surface area contributed by atoms with Crippen LogP contribution in [0.3, 0.4) is 0 Å². The van der Waals surface area contributed by atoms with Gasteiger partial charge in [-0.15, -0.1) is 24.0 Å². The lowest BCUT2D eigenvalue weighted by atomic mass is 10.4. The largest absolute Gasteiger partial charge is 0.329 e. The van der Waals surface area contributed by atoms with Crippen LogP contribution in [-0.4, -0.2) is 39.7 Å². The lowest BCUT2D eigenvalue weighted by Gasteiger charge is -2.44. The maximum Gasteiger partial charge on any atom is 0.129 e. The van der Waals surface area contributed by atoms with Crippen molar-refractivity contribution in [2.75, 3.05) is 27.2 Å². The molecular weight excluding hydrogens is 385 g/mol. The molecule has 2 aromatic carbocycles. The summed E-state index contributed by atoms with van der Waals surface area (Å²) in [4.78, 5) is 0. The molecule has 0 spiro atoms. The van der Waals surface area contributed by atoms with Crippen LogP contribution < -0.4 is 10.4 Å². The van der Waals surface area contributed by atoms with E-state index in [-0.39, 0.29) is 24.0 Å². The quantitative estimate of drug-likeness (QED) is 0.406. The van der Waals surface area contributed by atoms with E-state index in [9.17, 15) is 0 Å². The molecule has 0 radical (unpaired) electrons. The molecule has 21 heavy (non-hydrogen) atoms. The first-order valence-corrected chi connectivity index (χ1v) is 9.97. The Morgan fingerprint density at radius 3 is 1.48 bits per heavy atom. The molecule has 1 aliphatic heterocycles. The fourth-order valence-electron chi connectivity index (χ4n) is 3.48. The van der Waals surface area contributed by atoms with Crippen molar-refractivity contribution in [2.45, 2.75) is 12.1 Å². The van der Waals surface area contributed by atoms with E-state index in [2.05, 4.69) is 74.8 Å². The van der Waals surface area contributed by atoms with Crippen molar-refractivity contribution >= 4 is 42.4 Å². The van der Waals surface area contributed by atoms with Crippen molar-refractivity contribution in [1.29, 1.82) is 0 Å². The maximum atomic E-state index is 2.37. The summed E-state index contributed by atoms with van der Waals surface area (Å²) in [6.07, 6.45) is 0. The second kappa shape index (κ2) is 6.63. The summed E-state index contributed by atoms with van der Waals surface area (Å²) in [5.74, 6) is 0. The molecule has 2 aromatic rings. The van der Waals surface area contributed by atoms with Gasteiger partial charge in [-0.05, 0) is 0 Å². The molecule has 1 nitrogen and oxygen atoms in total. The molecule has 1 aliphatic rings. The van der Waals surface area contributed by atoms with Crippen molar-refractivity contribution in [3.05, 3.63) is 60.7 Å². The molecule has 3 heteroatoms. The van der Waals surface area contributed by atoms with Gasteiger partial charge in [0.15, 0.2) is 0 Å². The summed E-state index contributed by atoms with van der Waals surface area (Å²) in [6.45, 7) is 2.60. The Labute approximate surface area is 146 Å². The molecule has 0 aromatic heterocycles. The van der Waals surface area contributed by atoms with Gasteiger partial charge in [-0.25, -0.2) is 0 Å². The number of benzene rings is 2. The van der Waals surface area contributed by atoms with Crippen LogP contribution in [0.4, 0.5) is 0 Å². The Kier molecular flexibility index (Phi) is 5.27. The summed E-state index contributed by atoms with van der Waals surface area (Å²) >= 11 is 0. The Morgan fingerprint density at radius 1 is 0.714 bits per heavy atom. The van der Waals surface area contributed by atoms with Crippen LogP contribution in [0.5, 0.6) is 0 Å². The third kappa shape index (κ3) is 3.41. The number of hydrogen-bond donors (Lipinski definition) is 0. The Bertz CT molecular complexity index is 517. The van der Waals surface area contributed by atoms with Crippen LogP contribution in [0, 0.1) is 0 Å². The van der Waals surface area contributed by atoms with Crippen LogP contribution in [0.15, 0.2) is 60.7 Å². The number of halogens is 1. The molecule has 0 bridgehead atoms. The highest BCUT2D eigenvalue weighted by Crippen LogP contribution is 2.25. The number of nitrogens with zero attached hydrogens (tertiary/aromatic N) is 1. The second-order valence-electron chi connectivity index (χ2n) is 6.70. The van der Waals surface area contributed by atoms with Gasteiger partial charge >= 0.3 is 0 Å². The van der Waals surface area contributed by atoms with Gasteiger partial charge in [0.05, 0.1) is 27.2 Å². The van der Waals surface area contributed by atoms with Gasteiger partial charge in [0.1, 0.15) is 8.07 Å². The fourth-order valence-corrected chi connectivity index (χ4v) is 8.86. The van der Waals surface area contributed by atoms with E-state index in [0.717, 1.165) is 0 Å². The average Bonchev–Trinajstić information content (AvgIpc) is 2.50. The zero-order chi connectivity index (χ0) is 14.1. The van der Waals surface area contributed by atoms with Gasteiger partial charge in [0, 0.05) is 12.1 Å². The molecule has 0 atom stereocenters. The molecule has 0 aliphatic carbocycles. The summed E-state index contributed by atoms with van der Waals surface area (Å²) < 4.78 is 1.18. The predicted octanol–water partition coefficient (Wildman–Crippen LogP) is 2.96. The summed E-state index contributed by atoms with van der Waals surface area (Å²) in [5, 5.41) is 3.23. The van der Waals surface area contributed by atoms with Gasteiger partial charge in [-0.1, -0.05) is 71.0 Å². The van der Waals surface area contributed by atoms with Crippen LogP contribution >= 0.6 is 24.0 Å². The van der Waals surface area contributed by atoms with E-state index in [0.29, 0.717) is 0 Å². The summed E-state index contributed by atoms with van der Waals surface area (Å²) in [7, 11) is 3.20. The van der Waals surface area contributed by atoms with Gasteiger partial charge in [-0.2, -0.15) is 0 Å². The first-order chi connectivity index (χ1) is 9.62. The monoisotopic (exact) mass is 410 g/mol. The zero-order valence-electron chi connectivity index (χ0n) is 13.0. The first-order valence-electron chi connectivity index (χ1n) is 7.56. The molecule has 1 heterocycles. The number of quaternary nitrogens is 1. The van der Waals surface area contributed by atoms with Crippen LogP contribution in [0.1, 0.15) is 0 Å². The predicted molar refractivity (Wildman–Crippen MR) is 105 cm³/mol. The van der Waals surface area contributed by atoms with Crippen molar-refractivity contribution < 1.29 is 4.48 Å². The van der Waals surface area contributed by atoms with Gasteiger partial charge in [-0.3, -0.25) is 0 Å². The van der Waals surface area contributed by atoms with Crippen molar-refractivity contribution in [2.24, 2.45) is 0 Å². The minimum Gasteiger partial charge on any atom is -0.329 e. The first kappa shape index (κ1) is 16.7. The molecule has 112 valence electrons. The average molecular weight is 410 g/mol. The van der Waals surface area contributed by atoms with Crippen LogP contribution in [0.2, 0.25) is 12.1 Å². The maximum absolute atomic E-state index is 2.37. The lowest BCUT2D eigenvalue weighted by Crippen LogP contribution is -2.65. The normalized spacial score (nSPS) is 19.5. The minimum absolute atomic E-state index is 0. The molecule has 1 saturated heterocycles. The third-order valence-corrected chi connectivity index (χ3v) is 9.97. The standard InChI is InChI=1S/C18H24NSi.HI/c1-19(2)13-15-20(16-14-19,17-9-5-3-6-10-17)18-11-7-4-8-12-18;/h3-12H,13-16H2,1-2H3;1H/q+1;. The van der Waals surface area contributed by atoms with E-state index in [1.54, 1.807) is 10.4 Å². The molecule has 0 amide bonds. The Morgan fingerprint density at radius 2 is 1.10 bits per heavy atom. The molecule has 1 fully saturated rings. The van der Waals surface area contributed by atoms with Crippen molar-refractivity contribution in [3.8, 4) is 0 Å². The SMILES string of the molecule is C[N+]1(C)CC[Si](c2ccccc2)(c2ccccc2)CC1.I. The van der Waals surface area contributed by atoms with Crippen molar-refractivity contribution in [1.82, 2.24) is 0 Å². The fraction of sp³-hybridized carbons (Fsp3) is 0.333. The number of hydrogen-bond acceptors (Lipinski definition) is 0. The van der Waals surface area contributed by atoms with Gasteiger partial charge in [0.2, 0.25) is 0 Å². The van der Waals surface area contributed by atoms with E-state index < -0.39 is 8.07 Å². The van der Waals surface area contributed by atoms with Crippen LogP contribution in [0.25, 0.3) is 0 Å². The van der Waals surface area contributed by atoms with Crippen LogP contribution in [-0.2, 0) is 0 Å². The van der Waals surface area contributed by atoms with E-state index in [4.69, 9.17) is 0 Å².